The van der Waals surface area contributed by atoms with Gasteiger partial charge in [-0.2, -0.15) is 0 Å². The minimum atomic E-state index is 0.672. The number of nitrogens with one attached hydrogen (secondary N) is 1. The molecule has 3 N–H and O–H groups in total. The van der Waals surface area contributed by atoms with Crippen molar-refractivity contribution >= 4 is 17.6 Å². The fourth-order valence-electron chi connectivity index (χ4n) is 1.23. The smallest absolute Gasteiger partial charge is 0.167 e. The van der Waals surface area contributed by atoms with Gasteiger partial charge in [-0.05, 0) is 11.6 Å². The van der Waals surface area contributed by atoms with Gasteiger partial charge in [-0.3, -0.25) is 0 Å². The van der Waals surface area contributed by atoms with Gasteiger partial charge in [0.1, 0.15) is 5.82 Å². The van der Waals surface area contributed by atoms with Crippen LogP contribution in [0, 0.1) is 0 Å². The normalized spacial score (nSPS) is 10.4. The van der Waals surface area contributed by atoms with E-state index in [-0.39, 0.29) is 0 Å². The summed E-state index contributed by atoms with van der Waals surface area (Å²) in [6.07, 6.45) is 5.54. The first kappa shape index (κ1) is 11.0. The van der Waals surface area contributed by atoms with E-state index in [0.29, 0.717) is 5.82 Å². The summed E-state index contributed by atoms with van der Waals surface area (Å²) in [6.45, 7) is 0. The number of rotatable bonds is 4. The molecular weight excluding hydrogens is 222 g/mol. The molecule has 0 amide bonds. The molecule has 0 fully saturated rings. The predicted molar refractivity (Wildman–Crippen MR) is 64.8 cm³/mol. The van der Waals surface area contributed by atoms with Gasteiger partial charge in [0.15, 0.2) is 5.16 Å². The van der Waals surface area contributed by atoms with Crippen LogP contribution in [-0.2, 0) is 12.8 Å². The highest BCUT2D eigenvalue weighted by Crippen LogP contribution is 2.20. The van der Waals surface area contributed by atoms with Crippen LogP contribution in [0.15, 0.2) is 35.9 Å². The molecule has 0 aliphatic rings. The molecule has 0 atom stereocenters. The number of nitrogen functional groups attached to an aromatic ring is 1. The van der Waals surface area contributed by atoms with Crippen molar-refractivity contribution < 1.29 is 0 Å². The van der Waals surface area contributed by atoms with E-state index in [2.05, 4.69) is 15.4 Å². The maximum absolute atomic E-state index is 5.24. The number of imidazole rings is 1. The van der Waals surface area contributed by atoms with Crippen molar-refractivity contribution in [3.63, 3.8) is 0 Å². The van der Waals surface area contributed by atoms with E-state index >= 15 is 0 Å². The van der Waals surface area contributed by atoms with Crippen LogP contribution in [0.5, 0.6) is 0 Å². The van der Waals surface area contributed by atoms with Gasteiger partial charge in [-0.25, -0.2) is 15.8 Å². The number of hydrogen-bond acceptors (Lipinski definition) is 5. The third-order valence-corrected chi connectivity index (χ3v) is 3.25. The molecule has 2 rings (SSSR count). The van der Waals surface area contributed by atoms with Crippen LogP contribution in [0.3, 0.4) is 0 Å². The van der Waals surface area contributed by atoms with E-state index < -0.39 is 0 Å². The molecule has 0 aliphatic heterocycles. The summed E-state index contributed by atoms with van der Waals surface area (Å²) < 4.78 is 1.99. The molecule has 16 heavy (non-hydrogen) atoms. The lowest BCUT2D eigenvalue weighted by molar-refractivity contribution is 0.790. The SMILES string of the molecule is Cn1ccnc1SCc1ccc(NN)nc1. The van der Waals surface area contributed by atoms with Gasteiger partial charge in [0.05, 0.1) is 0 Å². The lowest BCUT2D eigenvalue weighted by Gasteiger charge is -2.03. The Labute approximate surface area is 98.1 Å². The maximum atomic E-state index is 5.24. The summed E-state index contributed by atoms with van der Waals surface area (Å²) in [6, 6.07) is 3.85. The summed E-state index contributed by atoms with van der Waals surface area (Å²) in [5.41, 5.74) is 3.64. The van der Waals surface area contributed by atoms with Crippen molar-refractivity contribution in [2.45, 2.75) is 10.9 Å². The third-order valence-electron chi connectivity index (χ3n) is 2.12. The first-order valence-corrected chi connectivity index (χ1v) is 5.80. The predicted octanol–water partition coefficient (Wildman–Crippen LogP) is 1.39. The molecule has 0 unspecified atom stereocenters. The molecule has 0 spiro atoms. The molecule has 0 aromatic carbocycles. The molecule has 2 aromatic heterocycles. The lowest BCUT2D eigenvalue weighted by atomic mass is 10.3. The van der Waals surface area contributed by atoms with Crippen LogP contribution in [0.25, 0.3) is 0 Å². The third kappa shape index (κ3) is 2.53. The van der Waals surface area contributed by atoms with Crippen LogP contribution in [-0.4, -0.2) is 14.5 Å². The Morgan fingerprint density at radius 2 is 2.31 bits per heavy atom. The molecule has 0 saturated heterocycles. The molecule has 84 valence electrons. The van der Waals surface area contributed by atoms with Crippen molar-refractivity contribution in [1.82, 2.24) is 14.5 Å². The van der Waals surface area contributed by atoms with E-state index in [0.717, 1.165) is 16.5 Å². The van der Waals surface area contributed by atoms with E-state index in [1.54, 1.807) is 18.0 Å². The maximum Gasteiger partial charge on any atom is 0.167 e. The second-order valence-electron chi connectivity index (χ2n) is 3.31. The van der Waals surface area contributed by atoms with Crippen molar-refractivity contribution in [2.75, 3.05) is 5.43 Å². The van der Waals surface area contributed by atoms with Gasteiger partial charge < -0.3 is 9.99 Å². The summed E-state index contributed by atoms with van der Waals surface area (Å²) in [4.78, 5) is 8.38. The number of anilines is 1. The summed E-state index contributed by atoms with van der Waals surface area (Å²) in [5.74, 6) is 6.76. The van der Waals surface area contributed by atoms with Crippen molar-refractivity contribution in [3.05, 3.63) is 36.3 Å². The fourth-order valence-corrected chi connectivity index (χ4v) is 2.10. The average Bonchev–Trinajstić information content (AvgIpc) is 2.73. The van der Waals surface area contributed by atoms with Crippen molar-refractivity contribution in [1.29, 1.82) is 0 Å². The Morgan fingerprint density at radius 1 is 1.44 bits per heavy atom. The van der Waals surface area contributed by atoms with E-state index in [1.165, 1.54) is 0 Å². The van der Waals surface area contributed by atoms with Crippen LogP contribution in [0.1, 0.15) is 5.56 Å². The fraction of sp³-hybridized carbons (Fsp3) is 0.200. The van der Waals surface area contributed by atoms with Crippen LogP contribution < -0.4 is 11.3 Å². The van der Waals surface area contributed by atoms with E-state index in [4.69, 9.17) is 5.84 Å². The first-order chi connectivity index (χ1) is 7.79. The highest BCUT2D eigenvalue weighted by molar-refractivity contribution is 7.98. The monoisotopic (exact) mass is 235 g/mol. The molecule has 0 aliphatic carbocycles. The molecule has 0 bridgehead atoms. The second-order valence-corrected chi connectivity index (χ2v) is 4.25. The molecule has 2 aromatic rings. The molecular formula is C10H13N5S. The summed E-state index contributed by atoms with van der Waals surface area (Å²) in [5, 5.41) is 1.00. The number of hydrazine groups is 1. The number of aryl methyl sites for hydroxylation is 1. The Hall–Kier alpha value is -1.53. The van der Waals surface area contributed by atoms with Crippen LogP contribution in [0.2, 0.25) is 0 Å². The van der Waals surface area contributed by atoms with E-state index in [9.17, 15) is 0 Å². The Bertz CT molecular complexity index is 450. The van der Waals surface area contributed by atoms with E-state index in [1.807, 2.05) is 36.1 Å². The van der Waals surface area contributed by atoms with Gasteiger partial charge in [-0.1, -0.05) is 17.8 Å². The van der Waals surface area contributed by atoms with Gasteiger partial charge in [-0.15, -0.1) is 0 Å². The molecule has 0 radical (unpaired) electrons. The zero-order valence-electron chi connectivity index (χ0n) is 8.92. The average molecular weight is 235 g/mol. The molecule has 5 nitrogen and oxygen atoms in total. The zero-order chi connectivity index (χ0) is 11.4. The number of aromatic nitrogens is 3. The summed E-state index contributed by atoms with van der Waals surface area (Å²) in [7, 11) is 1.98. The summed E-state index contributed by atoms with van der Waals surface area (Å²) >= 11 is 1.68. The minimum Gasteiger partial charge on any atom is -0.329 e. The van der Waals surface area contributed by atoms with Gasteiger partial charge in [0.2, 0.25) is 0 Å². The molecule has 2 heterocycles. The number of nitrogens with zero attached hydrogens (tertiary/aromatic N) is 3. The van der Waals surface area contributed by atoms with Gasteiger partial charge in [0, 0.05) is 31.4 Å². The highest BCUT2D eigenvalue weighted by atomic mass is 32.2. The largest absolute Gasteiger partial charge is 0.329 e. The van der Waals surface area contributed by atoms with Crippen molar-refractivity contribution in [3.8, 4) is 0 Å². The van der Waals surface area contributed by atoms with Crippen LogP contribution in [0.4, 0.5) is 5.82 Å². The van der Waals surface area contributed by atoms with Gasteiger partial charge in [0.25, 0.3) is 0 Å². The number of hydrogen-bond donors (Lipinski definition) is 2. The first-order valence-electron chi connectivity index (χ1n) is 4.81. The second kappa shape index (κ2) is 5.00. The van der Waals surface area contributed by atoms with Crippen LogP contribution >= 0.6 is 11.8 Å². The lowest BCUT2D eigenvalue weighted by Crippen LogP contribution is -2.08. The molecule has 0 saturated carbocycles. The number of pyridine rings is 1. The van der Waals surface area contributed by atoms with Gasteiger partial charge >= 0.3 is 0 Å². The quantitative estimate of drug-likeness (QED) is 0.476. The highest BCUT2D eigenvalue weighted by Gasteiger charge is 2.01. The Kier molecular flexibility index (Phi) is 3.43. The standard InChI is InChI=1S/C10H13N5S/c1-15-5-4-12-10(15)16-7-8-2-3-9(14-11)13-6-8/h2-6H,7,11H2,1H3,(H,13,14). The Balaban J connectivity index is 1.97. The van der Waals surface area contributed by atoms with Crippen molar-refractivity contribution in [2.24, 2.45) is 12.9 Å². The minimum absolute atomic E-state index is 0.672. The molecule has 6 heteroatoms. The number of thioether (sulfide) groups is 1. The Morgan fingerprint density at radius 3 is 2.88 bits per heavy atom. The number of nitrogens with two attached hydrogens (primary N) is 1. The zero-order valence-corrected chi connectivity index (χ0v) is 9.74. The topological polar surface area (TPSA) is 68.8 Å².